The van der Waals surface area contributed by atoms with Gasteiger partial charge in [0, 0.05) is 43.5 Å². The van der Waals surface area contributed by atoms with Crippen LogP contribution in [-0.4, -0.2) is 63.4 Å². The molecule has 9 nitrogen and oxygen atoms in total. The quantitative estimate of drug-likeness (QED) is 0.405. The normalized spacial score (nSPS) is 16.0. The highest BCUT2D eigenvalue weighted by atomic mass is 19.4. The second kappa shape index (κ2) is 9.99. The van der Waals surface area contributed by atoms with Gasteiger partial charge in [0.1, 0.15) is 11.8 Å². The van der Waals surface area contributed by atoms with Crippen LogP contribution in [0.1, 0.15) is 43.8 Å². The lowest BCUT2D eigenvalue weighted by atomic mass is 10.0. The number of tetrazole rings is 1. The second-order valence-electron chi connectivity index (χ2n) is 10.6. The van der Waals surface area contributed by atoms with E-state index in [1.807, 2.05) is 43.9 Å². The Bertz CT molecular complexity index is 1530. The smallest absolute Gasteiger partial charge is 0.416 e. The van der Waals surface area contributed by atoms with Gasteiger partial charge in [0.25, 0.3) is 5.56 Å². The molecule has 3 heterocycles. The summed E-state index contributed by atoms with van der Waals surface area (Å²) in [5.74, 6) is 1.15. The van der Waals surface area contributed by atoms with Crippen molar-refractivity contribution in [3.8, 4) is 5.75 Å². The van der Waals surface area contributed by atoms with Crippen molar-refractivity contribution in [2.45, 2.75) is 38.5 Å². The van der Waals surface area contributed by atoms with E-state index in [1.54, 1.807) is 23.9 Å². The van der Waals surface area contributed by atoms with Gasteiger partial charge in [0.2, 0.25) is 0 Å². The van der Waals surface area contributed by atoms with Gasteiger partial charge in [0.05, 0.1) is 23.7 Å². The number of anilines is 1. The number of rotatable bonds is 5. The predicted octanol–water partition coefficient (Wildman–Crippen LogP) is 4.21. The third-order valence-corrected chi connectivity index (χ3v) is 6.97. The molecule has 1 aliphatic heterocycles. The van der Waals surface area contributed by atoms with E-state index in [4.69, 9.17) is 4.74 Å². The van der Waals surface area contributed by atoms with Crippen LogP contribution in [0.4, 0.5) is 18.9 Å². The number of fused-ring (bicyclic) bond motifs is 1. The number of pyridine rings is 1. The van der Waals surface area contributed by atoms with Crippen LogP contribution in [0.5, 0.6) is 5.75 Å². The zero-order valence-electron chi connectivity index (χ0n) is 22.2. The first-order valence-electron chi connectivity index (χ1n) is 12.6. The number of alkyl halides is 3. The van der Waals surface area contributed by atoms with Crippen LogP contribution >= 0.6 is 0 Å². The van der Waals surface area contributed by atoms with Crippen LogP contribution in [0.15, 0.2) is 53.3 Å². The molecular formula is C27H30F3N7O2. The van der Waals surface area contributed by atoms with E-state index < -0.39 is 23.3 Å². The van der Waals surface area contributed by atoms with E-state index in [9.17, 15) is 18.0 Å². The van der Waals surface area contributed by atoms with Crippen molar-refractivity contribution in [1.82, 2.24) is 30.1 Å². The molecule has 0 spiro atoms. The number of benzene rings is 2. The van der Waals surface area contributed by atoms with E-state index in [0.29, 0.717) is 54.5 Å². The van der Waals surface area contributed by atoms with Gasteiger partial charge >= 0.3 is 6.18 Å². The van der Waals surface area contributed by atoms with Crippen molar-refractivity contribution >= 4 is 16.6 Å². The Morgan fingerprint density at radius 3 is 2.41 bits per heavy atom. The minimum absolute atomic E-state index is 0.274. The lowest BCUT2D eigenvalue weighted by Gasteiger charge is -2.40. The minimum atomic E-state index is -4.41. The van der Waals surface area contributed by atoms with Gasteiger partial charge in [0.15, 0.2) is 5.82 Å². The molecule has 1 fully saturated rings. The molecule has 1 saturated heterocycles. The van der Waals surface area contributed by atoms with E-state index in [0.717, 1.165) is 11.5 Å². The molecular weight excluding hydrogens is 511 g/mol. The monoisotopic (exact) mass is 541 g/mol. The number of piperazine rings is 1. The van der Waals surface area contributed by atoms with Gasteiger partial charge < -0.3 is 14.6 Å². The molecule has 206 valence electrons. The van der Waals surface area contributed by atoms with Crippen molar-refractivity contribution in [3.05, 3.63) is 75.8 Å². The molecule has 0 bridgehead atoms. The molecule has 0 aliphatic carbocycles. The number of nitrogens with one attached hydrogen (secondary N) is 1. The molecule has 0 saturated carbocycles. The maximum Gasteiger partial charge on any atom is 0.416 e. The first kappa shape index (κ1) is 26.7. The molecule has 2 aromatic heterocycles. The van der Waals surface area contributed by atoms with Gasteiger partial charge in [-0.05, 0) is 73.0 Å². The van der Waals surface area contributed by atoms with Crippen molar-refractivity contribution < 1.29 is 17.9 Å². The summed E-state index contributed by atoms with van der Waals surface area (Å²) < 4.78 is 46.9. The molecule has 12 heteroatoms. The van der Waals surface area contributed by atoms with E-state index in [2.05, 4.69) is 25.4 Å². The standard InChI is InChI=1S/C27H30F3N7O2/c1-26(2,3)37-24(32-33-34-37)23(21-14-17-8-9-20(39-4)16-22(17)31-25(21)38)36-12-10-35(11-13-36)19-7-5-6-18(15-19)27(28,29)30/h5-9,14-16,23H,10-13H2,1-4H3,(H,31,38)/t23-/m1/s1. The molecule has 1 N–H and O–H groups in total. The van der Waals surface area contributed by atoms with Crippen molar-refractivity contribution in [2.24, 2.45) is 0 Å². The van der Waals surface area contributed by atoms with Crippen LogP contribution in [-0.2, 0) is 11.7 Å². The lowest BCUT2D eigenvalue weighted by molar-refractivity contribution is -0.137. The number of H-pyrrole nitrogens is 1. The summed E-state index contributed by atoms with van der Waals surface area (Å²) in [5.41, 5.74) is 0.243. The molecule has 0 amide bonds. The topological polar surface area (TPSA) is 92.2 Å². The van der Waals surface area contributed by atoms with Crippen LogP contribution < -0.4 is 15.2 Å². The van der Waals surface area contributed by atoms with E-state index in [1.165, 1.54) is 12.1 Å². The molecule has 1 aliphatic rings. The Kier molecular flexibility index (Phi) is 6.83. The number of methoxy groups -OCH3 is 1. The second-order valence-corrected chi connectivity index (χ2v) is 10.6. The summed E-state index contributed by atoms with van der Waals surface area (Å²) >= 11 is 0. The zero-order valence-corrected chi connectivity index (χ0v) is 22.2. The van der Waals surface area contributed by atoms with Gasteiger partial charge in [-0.2, -0.15) is 13.2 Å². The summed E-state index contributed by atoms with van der Waals surface area (Å²) in [7, 11) is 1.56. The Morgan fingerprint density at radius 1 is 1.00 bits per heavy atom. The Labute approximate surface area is 223 Å². The van der Waals surface area contributed by atoms with Gasteiger partial charge in [-0.25, -0.2) is 4.68 Å². The number of hydrogen-bond donors (Lipinski definition) is 1. The van der Waals surface area contributed by atoms with Gasteiger partial charge in [-0.3, -0.25) is 9.69 Å². The number of hydrogen-bond acceptors (Lipinski definition) is 7. The average Bonchev–Trinajstić information content (AvgIpc) is 3.39. The molecule has 39 heavy (non-hydrogen) atoms. The SMILES string of the molecule is COc1ccc2cc([C@H](c3nnnn3C(C)(C)C)N3CCN(c4cccc(C(F)(F)F)c4)CC3)c(=O)[nH]c2c1. The fourth-order valence-electron chi connectivity index (χ4n) is 4.99. The maximum atomic E-state index is 13.5. The number of nitrogens with zero attached hydrogens (tertiary/aromatic N) is 6. The third-order valence-electron chi connectivity index (χ3n) is 6.97. The minimum Gasteiger partial charge on any atom is -0.497 e. The summed E-state index contributed by atoms with van der Waals surface area (Å²) in [6.45, 7) is 7.84. The van der Waals surface area contributed by atoms with Gasteiger partial charge in [-0.1, -0.05) is 6.07 Å². The molecule has 5 rings (SSSR count). The highest BCUT2D eigenvalue weighted by Gasteiger charge is 2.36. The number of aromatic nitrogens is 5. The van der Waals surface area contributed by atoms with Crippen LogP contribution in [0.25, 0.3) is 10.9 Å². The Morgan fingerprint density at radius 2 is 1.74 bits per heavy atom. The summed E-state index contributed by atoms with van der Waals surface area (Å²) in [5, 5.41) is 13.3. The van der Waals surface area contributed by atoms with Crippen LogP contribution in [0, 0.1) is 0 Å². The van der Waals surface area contributed by atoms with Crippen molar-refractivity contribution in [2.75, 3.05) is 38.2 Å². The van der Waals surface area contributed by atoms with E-state index in [-0.39, 0.29) is 5.56 Å². The van der Waals surface area contributed by atoms with Crippen molar-refractivity contribution in [1.29, 1.82) is 0 Å². The average molecular weight is 542 g/mol. The summed E-state index contributed by atoms with van der Waals surface area (Å²) in [6.07, 6.45) is -4.41. The Hall–Kier alpha value is -3.93. The molecule has 2 aromatic carbocycles. The summed E-state index contributed by atoms with van der Waals surface area (Å²) in [4.78, 5) is 20.5. The van der Waals surface area contributed by atoms with Crippen LogP contribution in [0.3, 0.4) is 0 Å². The van der Waals surface area contributed by atoms with Crippen LogP contribution in [0.2, 0.25) is 0 Å². The third kappa shape index (κ3) is 5.33. The zero-order chi connectivity index (χ0) is 27.9. The molecule has 0 radical (unpaired) electrons. The summed E-state index contributed by atoms with van der Waals surface area (Å²) in [6, 6.07) is 12.1. The molecule has 4 aromatic rings. The van der Waals surface area contributed by atoms with E-state index >= 15 is 0 Å². The maximum absolute atomic E-state index is 13.5. The number of halogens is 3. The van der Waals surface area contributed by atoms with Gasteiger partial charge in [-0.15, -0.1) is 5.10 Å². The highest BCUT2D eigenvalue weighted by molar-refractivity contribution is 5.80. The predicted molar refractivity (Wildman–Crippen MR) is 141 cm³/mol. The largest absolute Gasteiger partial charge is 0.497 e. The highest BCUT2D eigenvalue weighted by Crippen LogP contribution is 2.34. The fourth-order valence-corrected chi connectivity index (χ4v) is 4.99. The number of ether oxygens (including phenoxy) is 1. The number of aromatic amines is 1. The first-order valence-corrected chi connectivity index (χ1v) is 12.6. The Balaban J connectivity index is 1.52. The molecule has 0 unspecified atom stereocenters. The van der Waals surface area contributed by atoms with Crippen molar-refractivity contribution in [3.63, 3.8) is 0 Å². The molecule has 1 atom stereocenters. The lowest BCUT2D eigenvalue weighted by Crippen LogP contribution is -2.49. The first-order chi connectivity index (χ1) is 18.5. The fraction of sp³-hybridized carbons (Fsp3) is 0.407.